The first-order valence-electron chi connectivity index (χ1n) is 5.49. The normalized spacial score (nSPS) is 40.9. The Morgan fingerprint density at radius 1 is 1.36 bits per heavy atom. The molecule has 4 heteroatoms. The van der Waals surface area contributed by atoms with Gasteiger partial charge in [-0.1, -0.05) is 0 Å². The molecule has 78 valence electrons. The Kier molecular flexibility index (Phi) is 1.99. The number of rotatable bonds is 1. The molecule has 14 heavy (non-hydrogen) atoms. The number of hydrogen-bond acceptors (Lipinski definition) is 3. The zero-order valence-corrected chi connectivity index (χ0v) is 8.24. The van der Waals surface area contributed by atoms with Crippen LogP contribution in [0.1, 0.15) is 19.3 Å². The fraction of sp³-hybridized carbons (Fsp3) is 0.900. The summed E-state index contributed by atoms with van der Waals surface area (Å²) in [7, 11) is 0. The van der Waals surface area contributed by atoms with E-state index in [0.29, 0.717) is 12.1 Å². The lowest BCUT2D eigenvalue weighted by Crippen LogP contribution is -2.68. The average molecular weight is 196 g/mol. The lowest BCUT2D eigenvalue weighted by molar-refractivity contribution is -0.145. The van der Waals surface area contributed by atoms with Crippen LogP contribution in [-0.2, 0) is 9.53 Å². The van der Waals surface area contributed by atoms with Gasteiger partial charge in [0.2, 0.25) is 0 Å². The van der Waals surface area contributed by atoms with Gasteiger partial charge < -0.3 is 15.0 Å². The lowest BCUT2D eigenvalue weighted by atomic mass is 9.91. The average Bonchev–Trinajstić information content (AvgIpc) is 2.68. The highest BCUT2D eigenvalue weighted by molar-refractivity contribution is 5.81. The second-order valence-electron chi connectivity index (χ2n) is 4.54. The zero-order chi connectivity index (χ0) is 9.54. The number of hydrogen-bond donors (Lipinski definition) is 1. The first-order valence-corrected chi connectivity index (χ1v) is 5.49. The van der Waals surface area contributed by atoms with Gasteiger partial charge in [-0.25, -0.2) is 0 Å². The molecule has 4 heterocycles. The van der Waals surface area contributed by atoms with E-state index in [9.17, 15) is 4.79 Å². The number of fused-ring (bicyclic) bond motifs is 2. The highest BCUT2D eigenvalue weighted by atomic mass is 16.5. The summed E-state index contributed by atoms with van der Waals surface area (Å²) in [5.41, 5.74) is 0. The third kappa shape index (κ3) is 1.33. The van der Waals surface area contributed by atoms with Gasteiger partial charge in [-0.3, -0.25) is 4.79 Å². The highest BCUT2D eigenvalue weighted by Gasteiger charge is 2.40. The van der Waals surface area contributed by atoms with E-state index in [2.05, 4.69) is 5.32 Å². The molecule has 4 rings (SSSR count). The molecule has 4 aliphatic heterocycles. The van der Waals surface area contributed by atoms with Crippen LogP contribution in [0.15, 0.2) is 0 Å². The van der Waals surface area contributed by atoms with E-state index in [4.69, 9.17) is 4.74 Å². The van der Waals surface area contributed by atoms with Crippen LogP contribution in [0.2, 0.25) is 0 Å². The van der Waals surface area contributed by atoms with Crippen LogP contribution in [-0.4, -0.2) is 48.7 Å². The van der Waals surface area contributed by atoms with Gasteiger partial charge in [-0.2, -0.15) is 0 Å². The molecule has 0 saturated carbocycles. The molecule has 4 nitrogen and oxygen atoms in total. The number of nitrogens with zero attached hydrogens (tertiary/aromatic N) is 1. The van der Waals surface area contributed by atoms with Crippen LogP contribution < -0.4 is 5.32 Å². The first-order chi connectivity index (χ1) is 6.83. The monoisotopic (exact) mass is 196 g/mol. The van der Waals surface area contributed by atoms with Crippen molar-refractivity contribution in [3.8, 4) is 0 Å². The molecule has 4 fully saturated rings. The molecule has 0 aromatic carbocycles. The van der Waals surface area contributed by atoms with Gasteiger partial charge >= 0.3 is 0 Å². The molecule has 0 aliphatic carbocycles. The minimum Gasteiger partial charge on any atom is -0.368 e. The third-order valence-corrected chi connectivity index (χ3v) is 3.44. The summed E-state index contributed by atoms with van der Waals surface area (Å²) in [5.74, 6) is 0.221. The summed E-state index contributed by atoms with van der Waals surface area (Å²) >= 11 is 0. The minimum absolute atomic E-state index is 0.132. The number of piperazine rings is 1. The Balaban J connectivity index is 1.61. The van der Waals surface area contributed by atoms with Crippen LogP contribution in [0.3, 0.4) is 0 Å². The number of carbonyl (C=O) groups is 1. The van der Waals surface area contributed by atoms with Crippen molar-refractivity contribution in [1.82, 2.24) is 10.2 Å². The van der Waals surface area contributed by atoms with Crippen molar-refractivity contribution in [2.24, 2.45) is 0 Å². The number of piperidine rings is 1. The van der Waals surface area contributed by atoms with E-state index in [0.717, 1.165) is 32.5 Å². The van der Waals surface area contributed by atoms with E-state index in [1.54, 1.807) is 0 Å². The highest BCUT2D eigenvalue weighted by Crippen LogP contribution is 2.23. The first kappa shape index (κ1) is 8.68. The number of carbonyl (C=O) groups excluding carboxylic acids is 1. The summed E-state index contributed by atoms with van der Waals surface area (Å²) in [6, 6.07) is 1.11. The van der Waals surface area contributed by atoms with Crippen LogP contribution in [0, 0.1) is 0 Å². The van der Waals surface area contributed by atoms with Crippen molar-refractivity contribution < 1.29 is 9.53 Å². The maximum atomic E-state index is 11.9. The summed E-state index contributed by atoms with van der Waals surface area (Å²) in [5, 5.41) is 3.42. The standard InChI is InChI=1S/C10H16N2O2/c13-10(9-2-1-3-14-9)12-5-7-4-8(6-12)11-7/h7-9,11H,1-6H2/t7?,8?,9-/m0/s1. The molecule has 1 amide bonds. The molecule has 2 bridgehead atoms. The maximum absolute atomic E-state index is 11.9. The second-order valence-corrected chi connectivity index (χ2v) is 4.54. The van der Waals surface area contributed by atoms with Crippen LogP contribution in [0.5, 0.6) is 0 Å². The van der Waals surface area contributed by atoms with Gasteiger partial charge in [0, 0.05) is 31.8 Å². The molecule has 0 aromatic rings. The molecule has 0 radical (unpaired) electrons. The molecule has 0 spiro atoms. The minimum atomic E-state index is -0.132. The second kappa shape index (κ2) is 3.21. The molecular weight excluding hydrogens is 180 g/mol. The van der Waals surface area contributed by atoms with Crippen molar-refractivity contribution in [3.63, 3.8) is 0 Å². The quantitative estimate of drug-likeness (QED) is 0.628. The van der Waals surface area contributed by atoms with Gasteiger partial charge in [0.25, 0.3) is 5.91 Å². The Labute approximate surface area is 83.6 Å². The summed E-state index contributed by atoms with van der Waals surface area (Å²) in [6.45, 7) is 2.53. The third-order valence-electron chi connectivity index (χ3n) is 3.44. The summed E-state index contributed by atoms with van der Waals surface area (Å²) < 4.78 is 5.41. The molecule has 3 atom stereocenters. The van der Waals surface area contributed by atoms with Crippen molar-refractivity contribution in [2.45, 2.75) is 37.5 Å². The molecule has 4 saturated heterocycles. The Morgan fingerprint density at radius 3 is 2.64 bits per heavy atom. The van der Waals surface area contributed by atoms with Crippen molar-refractivity contribution in [2.75, 3.05) is 19.7 Å². The van der Waals surface area contributed by atoms with Crippen LogP contribution in [0.25, 0.3) is 0 Å². The van der Waals surface area contributed by atoms with E-state index < -0.39 is 0 Å². The van der Waals surface area contributed by atoms with Gasteiger partial charge in [0.05, 0.1) is 0 Å². The largest absolute Gasteiger partial charge is 0.368 e. The van der Waals surface area contributed by atoms with Gasteiger partial charge in [0.15, 0.2) is 0 Å². The maximum Gasteiger partial charge on any atom is 0.251 e. The van der Waals surface area contributed by atoms with Crippen LogP contribution in [0.4, 0.5) is 0 Å². The Morgan fingerprint density at radius 2 is 2.07 bits per heavy atom. The SMILES string of the molecule is O=C([C@@H]1CCCO1)N1CC2CC(C1)N2. The lowest BCUT2D eigenvalue weighted by Gasteiger charge is -2.48. The fourth-order valence-corrected chi connectivity index (χ4v) is 2.67. The summed E-state index contributed by atoms with van der Waals surface area (Å²) in [6.07, 6.45) is 3.07. The predicted octanol–water partition coefficient (Wildman–Crippen LogP) is -0.262. The molecule has 1 N–H and O–H groups in total. The Bertz CT molecular complexity index is 235. The van der Waals surface area contributed by atoms with E-state index in [-0.39, 0.29) is 12.0 Å². The number of nitrogens with one attached hydrogen (secondary N) is 1. The smallest absolute Gasteiger partial charge is 0.251 e. The van der Waals surface area contributed by atoms with Crippen molar-refractivity contribution in [3.05, 3.63) is 0 Å². The van der Waals surface area contributed by atoms with E-state index in [1.165, 1.54) is 6.42 Å². The molecule has 2 unspecified atom stereocenters. The van der Waals surface area contributed by atoms with Gasteiger partial charge in [-0.15, -0.1) is 0 Å². The van der Waals surface area contributed by atoms with Crippen molar-refractivity contribution in [1.29, 1.82) is 0 Å². The van der Waals surface area contributed by atoms with Crippen molar-refractivity contribution >= 4 is 5.91 Å². The number of ether oxygens (including phenoxy) is 1. The molecule has 0 aromatic heterocycles. The molecular formula is C10H16N2O2. The zero-order valence-electron chi connectivity index (χ0n) is 8.24. The molecule has 4 aliphatic rings. The summed E-state index contributed by atoms with van der Waals surface area (Å²) in [4.78, 5) is 13.9. The number of amides is 1. The fourth-order valence-electron chi connectivity index (χ4n) is 2.67. The van der Waals surface area contributed by atoms with E-state index >= 15 is 0 Å². The van der Waals surface area contributed by atoms with Gasteiger partial charge in [0.1, 0.15) is 6.10 Å². The topological polar surface area (TPSA) is 41.6 Å². The predicted molar refractivity (Wildman–Crippen MR) is 50.9 cm³/mol. The Hall–Kier alpha value is -0.610. The van der Waals surface area contributed by atoms with Crippen LogP contribution >= 0.6 is 0 Å². The van der Waals surface area contributed by atoms with E-state index in [1.807, 2.05) is 4.90 Å². The van der Waals surface area contributed by atoms with Gasteiger partial charge in [-0.05, 0) is 19.3 Å².